The summed E-state index contributed by atoms with van der Waals surface area (Å²) in [6.07, 6.45) is 3.85. The first-order chi connectivity index (χ1) is 9.72. The van der Waals surface area contributed by atoms with Crippen LogP contribution in [0.15, 0.2) is 47.4 Å². The first-order valence-corrected chi connectivity index (χ1v) is 8.30. The van der Waals surface area contributed by atoms with Crippen molar-refractivity contribution in [1.82, 2.24) is 0 Å². The summed E-state index contributed by atoms with van der Waals surface area (Å²) in [5.74, 6) is 1.05. The van der Waals surface area contributed by atoms with E-state index in [1.54, 1.807) is 11.1 Å². The van der Waals surface area contributed by atoms with Crippen LogP contribution in [0.5, 0.6) is 0 Å². The molecule has 0 spiro atoms. The third-order valence-corrected chi connectivity index (χ3v) is 5.06. The summed E-state index contributed by atoms with van der Waals surface area (Å²) in [7, 11) is 0. The maximum absolute atomic E-state index is 5.87. The van der Waals surface area contributed by atoms with Crippen LogP contribution in [-0.2, 0) is 18.6 Å². The third-order valence-electron chi connectivity index (χ3n) is 3.97. The van der Waals surface area contributed by atoms with E-state index in [0.717, 1.165) is 5.75 Å². The Bertz CT molecular complexity index is 587. The van der Waals surface area contributed by atoms with Crippen molar-refractivity contribution in [2.45, 2.75) is 42.9 Å². The summed E-state index contributed by atoms with van der Waals surface area (Å²) in [6, 6.07) is 15.7. The number of rotatable bonds is 4. The Morgan fingerprint density at radius 1 is 1.05 bits per heavy atom. The molecule has 1 unspecified atom stereocenters. The fourth-order valence-corrected chi connectivity index (χ4v) is 3.59. The minimum Gasteiger partial charge on any atom is -0.324 e. The number of hydrogen-bond acceptors (Lipinski definition) is 2. The average molecular weight is 283 g/mol. The Morgan fingerprint density at radius 3 is 2.55 bits per heavy atom. The summed E-state index contributed by atoms with van der Waals surface area (Å²) in [5, 5.41) is 0. The van der Waals surface area contributed by atoms with Gasteiger partial charge in [0.15, 0.2) is 0 Å². The van der Waals surface area contributed by atoms with E-state index >= 15 is 0 Å². The second-order valence-corrected chi connectivity index (χ2v) is 6.65. The highest BCUT2D eigenvalue weighted by Crippen LogP contribution is 2.27. The predicted octanol–water partition coefficient (Wildman–Crippen LogP) is 4.49. The Balaban J connectivity index is 1.64. The highest BCUT2D eigenvalue weighted by molar-refractivity contribution is 7.98. The average Bonchev–Trinajstić information content (AvgIpc) is 2.93. The Kier molecular flexibility index (Phi) is 4.13. The second kappa shape index (κ2) is 6.02. The summed E-state index contributed by atoms with van der Waals surface area (Å²) >= 11 is 1.90. The molecule has 0 fully saturated rings. The van der Waals surface area contributed by atoms with Gasteiger partial charge in [0.1, 0.15) is 0 Å². The van der Waals surface area contributed by atoms with Gasteiger partial charge in [0.05, 0.1) is 0 Å². The molecule has 2 heteroatoms. The zero-order valence-electron chi connectivity index (χ0n) is 11.9. The fraction of sp³-hybridized carbons (Fsp3) is 0.333. The second-order valence-electron chi connectivity index (χ2n) is 5.60. The van der Waals surface area contributed by atoms with Crippen LogP contribution in [0.4, 0.5) is 0 Å². The van der Waals surface area contributed by atoms with Gasteiger partial charge in [-0.1, -0.05) is 30.3 Å². The van der Waals surface area contributed by atoms with Gasteiger partial charge in [-0.25, -0.2) is 0 Å². The summed E-state index contributed by atoms with van der Waals surface area (Å²) < 4.78 is 0. The van der Waals surface area contributed by atoms with E-state index in [0.29, 0.717) is 0 Å². The van der Waals surface area contributed by atoms with Crippen LogP contribution in [0, 0.1) is 0 Å². The van der Waals surface area contributed by atoms with Crippen molar-refractivity contribution >= 4 is 11.8 Å². The molecule has 3 rings (SSSR count). The van der Waals surface area contributed by atoms with Crippen LogP contribution in [0.2, 0.25) is 0 Å². The van der Waals surface area contributed by atoms with Crippen LogP contribution >= 0.6 is 11.8 Å². The molecule has 0 aliphatic heterocycles. The van der Waals surface area contributed by atoms with Crippen LogP contribution < -0.4 is 5.73 Å². The van der Waals surface area contributed by atoms with Gasteiger partial charge in [-0.15, -0.1) is 11.8 Å². The van der Waals surface area contributed by atoms with Crippen LogP contribution in [-0.4, -0.2) is 0 Å². The monoisotopic (exact) mass is 283 g/mol. The third kappa shape index (κ3) is 3.08. The summed E-state index contributed by atoms with van der Waals surface area (Å²) in [6.45, 7) is 2.02. The fourth-order valence-electron chi connectivity index (χ4n) is 2.75. The quantitative estimate of drug-likeness (QED) is 0.837. The molecule has 104 valence electrons. The number of thioether (sulfide) groups is 1. The number of fused-ring (bicyclic) bond motifs is 1. The van der Waals surface area contributed by atoms with Crippen molar-refractivity contribution < 1.29 is 0 Å². The lowest BCUT2D eigenvalue weighted by Gasteiger charge is -2.08. The van der Waals surface area contributed by atoms with Gasteiger partial charge in [0, 0.05) is 16.7 Å². The summed E-state index contributed by atoms with van der Waals surface area (Å²) in [5.41, 5.74) is 11.6. The first kappa shape index (κ1) is 13.7. The highest BCUT2D eigenvalue weighted by atomic mass is 32.2. The van der Waals surface area contributed by atoms with E-state index in [9.17, 15) is 0 Å². The zero-order chi connectivity index (χ0) is 13.9. The lowest BCUT2D eigenvalue weighted by molar-refractivity contribution is 0.817. The SMILES string of the molecule is CC(N)c1ccc(SCc2ccc3c(c2)CCC3)cc1. The lowest BCUT2D eigenvalue weighted by atomic mass is 10.1. The minimum absolute atomic E-state index is 0.116. The van der Waals surface area contributed by atoms with Gasteiger partial charge in [-0.2, -0.15) is 0 Å². The smallest absolute Gasteiger partial charge is 0.0266 e. The van der Waals surface area contributed by atoms with Crippen molar-refractivity contribution in [3.63, 3.8) is 0 Å². The maximum atomic E-state index is 5.87. The van der Waals surface area contributed by atoms with E-state index in [-0.39, 0.29) is 6.04 Å². The lowest BCUT2D eigenvalue weighted by Crippen LogP contribution is -2.04. The van der Waals surface area contributed by atoms with Crippen LogP contribution in [0.25, 0.3) is 0 Å². The molecule has 0 bridgehead atoms. The van der Waals surface area contributed by atoms with Crippen LogP contribution in [0.1, 0.15) is 41.6 Å². The zero-order valence-corrected chi connectivity index (χ0v) is 12.7. The molecule has 0 saturated heterocycles. The molecule has 2 aromatic rings. The van der Waals surface area contributed by atoms with Crippen molar-refractivity contribution in [3.05, 3.63) is 64.7 Å². The number of benzene rings is 2. The molecule has 0 aromatic heterocycles. The summed E-state index contributed by atoms with van der Waals surface area (Å²) in [4.78, 5) is 1.31. The van der Waals surface area contributed by atoms with Crippen molar-refractivity contribution in [3.8, 4) is 0 Å². The first-order valence-electron chi connectivity index (χ1n) is 7.31. The number of hydrogen-bond donors (Lipinski definition) is 1. The molecule has 1 aliphatic carbocycles. The standard InChI is InChI=1S/C18H21NS/c1-13(19)15-7-9-18(10-8-15)20-12-14-5-6-16-3-2-4-17(16)11-14/h5-11,13H,2-4,12,19H2,1H3. The van der Waals surface area contributed by atoms with E-state index in [1.807, 2.05) is 18.7 Å². The van der Waals surface area contributed by atoms with Gasteiger partial charge in [-0.3, -0.25) is 0 Å². The van der Waals surface area contributed by atoms with Gasteiger partial charge >= 0.3 is 0 Å². The van der Waals surface area contributed by atoms with Crippen molar-refractivity contribution in [2.75, 3.05) is 0 Å². The molecule has 1 aliphatic rings. The largest absolute Gasteiger partial charge is 0.324 e. The topological polar surface area (TPSA) is 26.0 Å². The minimum atomic E-state index is 0.116. The molecule has 1 atom stereocenters. The molecular formula is C18H21NS. The molecular weight excluding hydrogens is 262 g/mol. The molecule has 20 heavy (non-hydrogen) atoms. The molecule has 0 heterocycles. The number of aryl methyl sites for hydroxylation is 2. The Hall–Kier alpha value is -1.25. The molecule has 0 saturated carbocycles. The Labute approximate surface area is 125 Å². The van der Waals surface area contributed by atoms with Gasteiger partial charge in [0.25, 0.3) is 0 Å². The number of nitrogens with two attached hydrogens (primary N) is 1. The molecule has 2 aromatic carbocycles. The normalized spacial score (nSPS) is 15.1. The van der Waals surface area contributed by atoms with E-state index in [1.165, 1.54) is 35.3 Å². The molecule has 1 nitrogen and oxygen atoms in total. The molecule has 2 N–H and O–H groups in total. The van der Waals surface area contributed by atoms with E-state index in [4.69, 9.17) is 5.73 Å². The predicted molar refractivity (Wildman–Crippen MR) is 87.1 cm³/mol. The van der Waals surface area contributed by atoms with E-state index < -0.39 is 0 Å². The van der Waals surface area contributed by atoms with Gasteiger partial charge in [0.2, 0.25) is 0 Å². The maximum Gasteiger partial charge on any atom is 0.0266 e. The van der Waals surface area contributed by atoms with Crippen molar-refractivity contribution in [2.24, 2.45) is 5.73 Å². The molecule has 0 radical (unpaired) electrons. The van der Waals surface area contributed by atoms with Gasteiger partial charge in [-0.05, 0) is 60.6 Å². The Morgan fingerprint density at radius 2 is 1.80 bits per heavy atom. The highest BCUT2D eigenvalue weighted by Gasteiger charge is 2.10. The van der Waals surface area contributed by atoms with Gasteiger partial charge < -0.3 is 5.73 Å². The molecule has 0 amide bonds. The van der Waals surface area contributed by atoms with E-state index in [2.05, 4.69) is 42.5 Å². The van der Waals surface area contributed by atoms with Crippen LogP contribution in [0.3, 0.4) is 0 Å². The van der Waals surface area contributed by atoms with Crippen molar-refractivity contribution in [1.29, 1.82) is 0 Å².